The number of anilines is 1. The zero-order chi connectivity index (χ0) is 15.2. The highest BCUT2D eigenvalue weighted by atomic mass is 16.1. The number of amides is 1. The second-order valence-corrected chi connectivity index (χ2v) is 5.82. The highest BCUT2D eigenvalue weighted by Gasteiger charge is 2.18. The lowest BCUT2D eigenvalue weighted by Crippen LogP contribution is -2.39. The summed E-state index contributed by atoms with van der Waals surface area (Å²) in [5, 5.41) is 6.08. The number of rotatable bonds is 5. The molecule has 1 unspecified atom stereocenters. The largest absolute Gasteiger partial charge is 0.373 e. The van der Waals surface area contributed by atoms with Crippen LogP contribution in [0.2, 0.25) is 0 Å². The van der Waals surface area contributed by atoms with Crippen molar-refractivity contribution in [3.63, 3.8) is 0 Å². The molecule has 0 spiro atoms. The number of carbonyl (C=O) groups excluding carboxylic acids is 1. The number of aryl methyl sites for hydroxylation is 1. The summed E-state index contributed by atoms with van der Waals surface area (Å²) in [4.78, 5) is 19.1. The van der Waals surface area contributed by atoms with E-state index in [2.05, 4.69) is 27.6 Å². The summed E-state index contributed by atoms with van der Waals surface area (Å²) in [5.41, 5.74) is 1.62. The van der Waals surface area contributed by atoms with Crippen LogP contribution in [0.15, 0.2) is 12.1 Å². The molecule has 0 aliphatic carbocycles. The van der Waals surface area contributed by atoms with E-state index in [1.165, 1.54) is 19.4 Å². The third-order valence-corrected chi connectivity index (χ3v) is 4.03. The van der Waals surface area contributed by atoms with E-state index in [1.54, 1.807) is 0 Å². The Hall–Kier alpha value is -1.62. The van der Waals surface area contributed by atoms with Crippen LogP contribution in [0, 0.1) is 5.92 Å². The van der Waals surface area contributed by atoms with E-state index in [9.17, 15) is 4.79 Å². The molecule has 5 nitrogen and oxygen atoms in total. The number of pyridine rings is 1. The zero-order valence-electron chi connectivity index (χ0n) is 13.3. The highest BCUT2D eigenvalue weighted by molar-refractivity contribution is 5.95. The molecule has 2 N–H and O–H groups in total. The fraction of sp³-hybridized carbons (Fsp3) is 0.625. The molecule has 2 heterocycles. The molecule has 116 valence electrons. The maximum atomic E-state index is 12.3. The van der Waals surface area contributed by atoms with Crippen LogP contribution in [-0.4, -0.2) is 49.5 Å². The Morgan fingerprint density at radius 3 is 2.95 bits per heavy atom. The van der Waals surface area contributed by atoms with E-state index in [4.69, 9.17) is 0 Å². The van der Waals surface area contributed by atoms with Crippen LogP contribution in [0.5, 0.6) is 0 Å². The van der Waals surface area contributed by atoms with Crippen LogP contribution < -0.4 is 10.6 Å². The van der Waals surface area contributed by atoms with Crippen molar-refractivity contribution in [1.82, 2.24) is 15.2 Å². The van der Waals surface area contributed by atoms with Crippen LogP contribution in [0.1, 0.15) is 35.8 Å². The maximum Gasteiger partial charge on any atom is 0.251 e. The Balaban J connectivity index is 1.96. The molecule has 1 aliphatic rings. The fourth-order valence-electron chi connectivity index (χ4n) is 2.81. The van der Waals surface area contributed by atoms with Crippen molar-refractivity contribution in [2.24, 2.45) is 5.92 Å². The van der Waals surface area contributed by atoms with Gasteiger partial charge in [-0.2, -0.15) is 0 Å². The predicted molar refractivity (Wildman–Crippen MR) is 85.7 cm³/mol. The summed E-state index contributed by atoms with van der Waals surface area (Å²) < 4.78 is 0. The minimum atomic E-state index is -0.00294. The monoisotopic (exact) mass is 290 g/mol. The number of aromatic nitrogens is 1. The molecule has 1 aliphatic heterocycles. The Morgan fingerprint density at radius 1 is 1.48 bits per heavy atom. The molecule has 0 aromatic carbocycles. The fourth-order valence-corrected chi connectivity index (χ4v) is 2.81. The van der Waals surface area contributed by atoms with Crippen LogP contribution >= 0.6 is 0 Å². The van der Waals surface area contributed by atoms with Gasteiger partial charge in [0.1, 0.15) is 5.82 Å². The summed E-state index contributed by atoms with van der Waals surface area (Å²) in [7, 11) is 3.96. The van der Waals surface area contributed by atoms with Crippen molar-refractivity contribution >= 4 is 11.7 Å². The SMILES string of the molecule is CCc1cc(C(=O)NCC2CCCN(C)C2)cc(NC)n1. The lowest BCUT2D eigenvalue weighted by Gasteiger charge is -2.29. The zero-order valence-corrected chi connectivity index (χ0v) is 13.3. The molecular weight excluding hydrogens is 264 g/mol. The summed E-state index contributed by atoms with van der Waals surface area (Å²) in [6.45, 7) is 5.03. The lowest BCUT2D eigenvalue weighted by atomic mass is 9.98. The summed E-state index contributed by atoms with van der Waals surface area (Å²) >= 11 is 0. The molecular formula is C16H26N4O. The molecule has 5 heteroatoms. The molecule has 1 aromatic rings. The summed E-state index contributed by atoms with van der Waals surface area (Å²) in [5.74, 6) is 1.30. The molecule has 0 saturated carbocycles. The second kappa shape index (κ2) is 7.41. The van der Waals surface area contributed by atoms with E-state index in [0.29, 0.717) is 11.5 Å². The number of likely N-dealkylation sites (tertiary alicyclic amines) is 1. The smallest absolute Gasteiger partial charge is 0.251 e. The second-order valence-electron chi connectivity index (χ2n) is 5.82. The Labute approximate surface area is 127 Å². The van der Waals surface area contributed by atoms with E-state index in [0.717, 1.165) is 31.0 Å². The number of nitrogens with one attached hydrogen (secondary N) is 2. The molecule has 1 saturated heterocycles. The first-order valence-electron chi connectivity index (χ1n) is 7.77. The van der Waals surface area contributed by atoms with Crippen LogP contribution in [0.4, 0.5) is 5.82 Å². The van der Waals surface area contributed by atoms with Gasteiger partial charge in [-0.05, 0) is 50.9 Å². The molecule has 0 bridgehead atoms. The number of carbonyl (C=O) groups is 1. The van der Waals surface area contributed by atoms with Crippen molar-refractivity contribution in [1.29, 1.82) is 0 Å². The molecule has 2 rings (SSSR count). The minimum absolute atomic E-state index is 0.00294. The van der Waals surface area contributed by atoms with Gasteiger partial charge < -0.3 is 15.5 Å². The lowest BCUT2D eigenvalue weighted by molar-refractivity contribution is 0.0936. The molecule has 1 amide bonds. The first kappa shape index (κ1) is 15.8. The van der Waals surface area contributed by atoms with Gasteiger partial charge in [-0.15, -0.1) is 0 Å². The first-order chi connectivity index (χ1) is 10.1. The molecule has 1 fully saturated rings. The molecule has 0 radical (unpaired) electrons. The standard InChI is InChI=1S/C16H26N4O/c1-4-14-8-13(9-15(17-2)19-14)16(21)18-10-12-6-5-7-20(3)11-12/h8-9,12H,4-7,10-11H2,1-3H3,(H,17,19)(H,18,21). The van der Waals surface area contributed by atoms with E-state index in [1.807, 2.05) is 26.1 Å². The first-order valence-corrected chi connectivity index (χ1v) is 7.77. The van der Waals surface area contributed by atoms with Crippen molar-refractivity contribution in [2.75, 3.05) is 39.0 Å². The van der Waals surface area contributed by atoms with E-state index in [-0.39, 0.29) is 5.91 Å². The van der Waals surface area contributed by atoms with Crippen molar-refractivity contribution in [3.05, 3.63) is 23.4 Å². The van der Waals surface area contributed by atoms with Gasteiger partial charge >= 0.3 is 0 Å². The highest BCUT2D eigenvalue weighted by Crippen LogP contribution is 2.15. The van der Waals surface area contributed by atoms with Gasteiger partial charge in [0.25, 0.3) is 5.91 Å². The summed E-state index contributed by atoms with van der Waals surface area (Å²) in [6, 6.07) is 3.69. The molecule has 1 aromatic heterocycles. The number of nitrogens with zero attached hydrogens (tertiary/aromatic N) is 2. The third-order valence-electron chi connectivity index (χ3n) is 4.03. The van der Waals surface area contributed by atoms with Crippen LogP contribution in [-0.2, 0) is 6.42 Å². The van der Waals surface area contributed by atoms with Crippen molar-refractivity contribution in [3.8, 4) is 0 Å². The average Bonchev–Trinajstić information content (AvgIpc) is 2.52. The average molecular weight is 290 g/mol. The van der Waals surface area contributed by atoms with Crippen LogP contribution in [0.3, 0.4) is 0 Å². The van der Waals surface area contributed by atoms with Gasteiger partial charge in [0.05, 0.1) is 0 Å². The van der Waals surface area contributed by atoms with Gasteiger partial charge in [-0.25, -0.2) is 4.98 Å². The Bertz CT molecular complexity index is 467. The number of hydrogen-bond acceptors (Lipinski definition) is 4. The summed E-state index contributed by atoms with van der Waals surface area (Å²) in [6.07, 6.45) is 3.24. The Morgan fingerprint density at radius 2 is 2.29 bits per heavy atom. The van der Waals surface area contributed by atoms with Crippen LogP contribution in [0.25, 0.3) is 0 Å². The normalized spacial score (nSPS) is 19.3. The Kier molecular flexibility index (Phi) is 5.56. The van der Waals surface area contributed by atoms with E-state index < -0.39 is 0 Å². The van der Waals surface area contributed by atoms with Crippen molar-refractivity contribution < 1.29 is 4.79 Å². The quantitative estimate of drug-likeness (QED) is 0.867. The van der Waals surface area contributed by atoms with Crippen molar-refractivity contribution in [2.45, 2.75) is 26.2 Å². The minimum Gasteiger partial charge on any atom is -0.373 e. The van der Waals surface area contributed by atoms with Gasteiger partial charge in [0.2, 0.25) is 0 Å². The maximum absolute atomic E-state index is 12.3. The van der Waals surface area contributed by atoms with Gasteiger partial charge in [-0.1, -0.05) is 6.92 Å². The third kappa shape index (κ3) is 4.43. The predicted octanol–water partition coefficient (Wildman–Crippen LogP) is 1.76. The van der Waals surface area contributed by atoms with Gasteiger partial charge in [-0.3, -0.25) is 4.79 Å². The number of piperidine rings is 1. The molecule has 21 heavy (non-hydrogen) atoms. The van der Waals surface area contributed by atoms with E-state index >= 15 is 0 Å². The number of hydrogen-bond donors (Lipinski definition) is 2. The van der Waals surface area contributed by atoms with Gasteiger partial charge in [0.15, 0.2) is 0 Å². The molecule has 1 atom stereocenters. The van der Waals surface area contributed by atoms with Gasteiger partial charge in [0, 0.05) is 31.4 Å². The topological polar surface area (TPSA) is 57.3 Å².